The molecule has 2 aromatic heterocycles. The lowest BCUT2D eigenvalue weighted by Crippen LogP contribution is -2.35. The molecule has 0 bridgehead atoms. The molecule has 1 aliphatic rings. The van der Waals surface area contributed by atoms with Gasteiger partial charge in [0.15, 0.2) is 0 Å². The molecule has 0 unspecified atom stereocenters. The van der Waals surface area contributed by atoms with Gasteiger partial charge in [-0.05, 0) is 36.5 Å². The van der Waals surface area contributed by atoms with E-state index < -0.39 is 67.5 Å². The predicted molar refractivity (Wildman–Crippen MR) is 128 cm³/mol. The fourth-order valence-electron chi connectivity index (χ4n) is 4.38. The zero-order valence-corrected chi connectivity index (χ0v) is 21.4. The van der Waals surface area contributed by atoms with Crippen molar-refractivity contribution in [1.29, 1.82) is 5.26 Å². The molecule has 0 amide bonds. The Bertz CT molecular complexity index is 1530. The van der Waals surface area contributed by atoms with Crippen LogP contribution in [0.1, 0.15) is 56.5 Å². The number of alkyl halides is 5. The van der Waals surface area contributed by atoms with E-state index in [0.717, 1.165) is 18.3 Å². The van der Waals surface area contributed by atoms with Gasteiger partial charge in [0.2, 0.25) is 10.0 Å². The number of rotatable bonds is 7. The molecule has 3 aromatic rings. The van der Waals surface area contributed by atoms with E-state index in [1.807, 2.05) is 25.5 Å². The molecule has 6 nitrogen and oxygen atoms in total. The second-order valence-electron chi connectivity index (χ2n) is 10.5. The van der Waals surface area contributed by atoms with Crippen molar-refractivity contribution >= 4 is 20.9 Å². The highest BCUT2D eigenvalue weighted by Gasteiger charge is 2.40. The van der Waals surface area contributed by atoms with E-state index in [1.54, 1.807) is 6.07 Å². The maximum atomic E-state index is 15.5. The summed E-state index contributed by atoms with van der Waals surface area (Å²) in [5, 5.41) is 8.55. The molecule has 0 saturated heterocycles. The van der Waals surface area contributed by atoms with Crippen LogP contribution in [-0.2, 0) is 22.7 Å². The number of nitriles is 1. The summed E-state index contributed by atoms with van der Waals surface area (Å²) in [4.78, 5) is 3.66. The first-order chi connectivity index (χ1) is 17.5. The summed E-state index contributed by atoms with van der Waals surface area (Å²) in [6, 6.07) is 2.03. The molecule has 0 aliphatic heterocycles. The monoisotopic (exact) mass is 558 g/mol. The van der Waals surface area contributed by atoms with E-state index >= 15 is 4.39 Å². The highest BCUT2D eigenvalue weighted by molar-refractivity contribution is 7.90. The van der Waals surface area contributed by atoms with Gasteiger partial charge in [-0.3, -0.25) is 0 Å². The summed E-state index contributed by atoms with van der Waals surface area (Å²) in [6.45, 7) is 5.68. The number of aromatic nitrogens is 2. The Morgan fingerprint density at radius 3 is 2.39 bits per heavy atom. The predicted octanol–water partition coefficient (Wildman–Crippen LogP) is 6.17. The van der Waals surface area contributed by atoms with E-state index in [1.165, 1.54) is 10.8 Å². The largest absolute Gasteiger partial charge is 0.417 e. The lowest BCUT2D eigenvalue weighted by Gasteiger charge is -2.20. The first-order valence-corrected chi connectivity index (χ1v) is 13.2. The van der Waals surface area contributed by atoms with Gasteiger partial charge in [-0.1, -0.05) is 20.8 Å². The minimum absolute atomic E-state index is 0.0877. The van der Waals surface area contributed by atoms with E-state index in [2.05, 4.69) is 4.98 Å². The number of halogens is 6. The minimum atomic E-state index is -4.94. The molecule has 1 saturated carbocycles. The van der Waals surface area contributed by atoms with Crippen LogP contribution in [0.3, 0.4) is 0 Å². The molecular weight excluding hydrogens is 534 g/mol. The van der Waals surface area contributed by atoms with Gasteiger partial charge in [0, 0.05) is 46.5 Å². The molecule has 2 heterocycles. The van der Waals surface area contributed by atoms with E-state index in [9.17, 15) is 35.6 Å². The highest BCUT2D eigenvalue weighted by Crippen LogP contribution is 2.42. The minimum Gasteiger partial charge on any atom is -0.347 e. The van der Waals surface area contributed by atoms with E-state index in [-0.39, 0.29) is 23.0 Å². The van der Waals surface area contributed by atoms with Crippen molar-refractivity contribution in [3.63, 3.8) is 0 Å². The lowest BCUT2D eigenvalue weighted by atomic mass is 9.95. The number of sulfonamides is 1. The Hall–Kier alpha value is -3.11. The molecule has 13 heteroatoms. The smallest absolute Gasteiger partial charge is 0.347 e. The summed E-state index contributed by atoms with van der Waals surface area (Å²) in [6.07, 6.45) is -5.40. The second kappa shape index (κ2) is 9.57. The summed E-state index contributed by atoms with van der Waals surface area (Å²) >= 11 is 0. The van der Waals surface area contributed by atoms with Gasteiger partial charge in [-0.25, -0.2) is 31.3 Å². The van der Waals surface area contributed by atoms with Crippen LogP contribution < -0.4 is 4.72 Å². The summed E-state index contributed by atoms with van der Waals surface area (Å²) < 4.78 is 114. The molecule has 1 atom stereocenters. The molecular formula is C25H24F6N4O2S. The number of benzene rings is 1. The van der Waals surface area contributed by atoms with Gasteiger partial charge in [0.25, 0.3) is 6.43 Å². The van der Waals surface area contributed by atoms with Gasteiger partial charge < -0.3 is 4.57 Å². The fourth-order valence-corrected chi connectivity index (χ4v) is 5.91. The fraction of sp³-hybridized carbons (Fsp3) is 0.440. The van der Waals surface area contributed by atoms with Crippen molar-refractivity contribution in [2.24, 2.45) is 5.41 Å². The number of fused-ring (bicyclic) bond motifs is 1. The number of nitrogens with zero attached hydrogens (tertiary/aromatic N) is 3. The van der Waals surface area contributed by atoms with Gasteiger partial charge in [0.05, 0.1) is 10.8 Å². The molecule has 1 N–H and O–H groups in total. The van der Waals surface area contributed by atoms with Crippen molar-refractivity contribution in [3.8, 4) is 17.2 Å². The number of hydrogen-bond acceptors (Lipinski definition) is 4. The second-order valence-corrected chi connectivity index (χ2v) is 12.5. The number of pyridine rings is 1. The quantitative estimate of drug-likeness (QED) is 0.352. The zero-order valence-electron chi connectivity index (χ0n) is 20.6. The van der Waals surface area contributed by atoms with Crippen molar-refractivity contribution in [2.75, 3.05) is 0 Å². The van der Waals surface area contributed by atoms with Crippen LogP contribution in [-0.4, -0.2) is 29.6 Å². The average molecular weight is 559 g/mol. The molecule has 1 fully saturated rings. The van der Waals surface area contributed by atoms with E-state index in [4.69, 9.17) is 0 Å². The van der Waals surface area contributed by atoms with Crippen LogP contribution in [0.2, 0.25) is 0 Å². The summed E-state index contributed by atoms with van der Waals surface area (Å²) in [7, 11) is -4.07. The summed E-state index contributed by atoms with van der Waals surface area (Å²) in [5.41, 5.74) is -3.85. The van der Waals surface area contributed by atoms with Crippen LogP contribution >= 0.6 is 0 Å². The molecule has 38 heavy (non-hydrogen) atoms. The third-order valence-electron chi connectivity index (χ3n) is 6.12. The molecule has 0 radical (unpaired) electrons. The first-order valence-electron chi connectivity index (χ1n) is 11.6. The average Bonchev–Trinajstić information content (AvgIpc) is 3.60. The summed E-state index contributed by atoms with van der Waals surface area (Å²) in [5.74, 6) is -1.21. The van der Waals surface area contributed by atoms with Gasteiger partial charge in [-0.15, -0.1) is 0 Å². The lowest BCUT2D eigenvalue weighted by molar-refractivity contribution is -0.137. The Balaban J connectivity index is 2.00. The highest BCUT2D eigenvalue weighted by atomic mass is 32.2. The van der Waals surface area contributed by atoms with Crippen molar-refractivity contribution in [2.45, 2.75) is 64.1 Å². The Morgan fingerprint density at radius 1 is 1.21 bits per heavy atom. The van der Waals surface area contributed by atoms with E-state index in [0.29, 0.717) is 18.9 Å². The van der Waals surface area contributed by atoms with Crippen molar-refractivity contribution in [3.05, 3.63) is 53.2 Å². The normalized spacial score (nSPS) is 15.7. The maximum Gasteiger partial charge on any atom is 0.417 e. The molecule has 1 aliphatic carbocycles. The van der Waals surface area contributed by atoms with Crippen LogP contribution in [0.25, 0.3) is 22.0 Å². The SMILES string of the molecule is CC(C)(C)Cn1cc([C@H](NS(=O)(=O)C2CC2)C(F)F)c2cc(F)c(-c3c(C(F)(F)F)ccnc3C#N)cc21. The van der Waals surface area contributed by atoms with Crippen molar-refractivity contribution in [1.82, 2.24) is 14.3 Å². The Morgan fingerprint density at radius 2 is 1.87 bits per heavy atom. The van der Waals surface area contributed by atoms with Gasteiger partial charge in [-0.2, -0.15) is 18.4 Å². The molecule has 0 spiro atoms. The number of nitrogens with one attached hydrogen (secondary N) is 1. The van der Waals surface area contributed by atoms with Crippen LogP contribution in [0.5, 0.6) is 0 Å². The van der Waals surface area contributed by atoms with Crippen molar-refractivity contribution < 1.29 is 34.8 Å². The van der Waals surface area contributed by atoms with Gasteiger partial charge >= 0.3 is 6.18 Å². The Labute approximate surface area is 215 Å². The first kappa shape index (κ1) is 27.9. The maximum absolute atomic E-state index is 15.5. The topological polar surface area (TPSA) is 87.8 Å². The van der Waals surface area contributed by atoms with Crippen LogP contribution in [0, 0.1) is 22.6 Å². The standard InChI is InChI=1S/C25H24F6N4O2S/c1-24(2,3)12-35-11-16(22(23(27)28)34-38(36,37)13-4-5-13)14-8-18(26)15(9-20(14)35)21-17(25(29,30)31)6-7-33-19(21)10-32/h6-9,11,13,22-23,34H,4-5,12H2,1-3H3/t22-/m0/s1. The van der Waals surface area contributed by atoms with Gasteiger partial charge in [0.1, 0.15) is 23.6 Å². The Kier molecular flexibility index (Phi) is 7.03. The molecule has 1 aromatic carbocycles. The third kappa shape index (κ3) is 5.51. The van der Waals surface area contributed by atoms with Crippen LogP contribution in [0.15, 0.2) is 30.6 Å². The zero-order chi connectivity index (χ0) is 28.2. The van der Waals surface area contributed by atoms with Crippen LogP contribution in [0.4, 0.5) is 26.3 Å². The molecule has 4 rings (SSSR count). The number of hydrogen-bond donors (Lipinski definition) is 1. The molecule has 204 valence electrons. The third-order valence-corrected chi connectivity index (χ3v) is 8.05.